The van der Waals surface area contributed by atoms with Crippen LogP contribution in [0.5, 0.6) is 0 Å². The molecule has 0 aromatic carbocycles. The van der Waals surface area contributed by atoms with Gasteiger partial charge in [-0.3, -0.25) is 5.41 Å². The third-order valence-electron chi connectivity index (χ3n) is 2.59. The first-order valence-electron chi connectivity index (χ1n) is 5.27. The minimum absolute atomic E-state index is 0.247. The molecule has 0 aliphatic carbocycles. The molecule has 0 saturated heterocycles. The molecule has 2 unspecified atom stereocenters. The largest absolute Gasteiger partial charge is 0.399 e. The molecule has 2 atom stereocenters. The third-order valence-corrected chi connectivity index (χ3v) is 2.59. The van der Waals surface area contributed by atoms with Gasteiger partial charge in [-0.05, 0) is 13.0 Å². The summed E-state index contributed by atoms with van der Waals surface area (Å²) in [4.78, 5) is 1.58. The van der Waals surface area contributed by atoms with Crippen LogP contribution in [0.3, 0.4) is 0 Å². The van der Waals surface area contributed by atoms with Crippen LogP contribution in [0.2, 0.25) is 0 Å². The van der Waals surface area contributed by atoms with Crippen LogP contribution in [0.1, 0.15) is 20.3 Å². The number of nitrogens with one attached hydrogen (secondary N) is 1. The quantitative estimate of drug-likeness (QED) is 0.550. The van der Waals surface area contributed by atoms with E-state index < -0.39 is 17.9 Å². The molecule has 0 aromatic rings. The maximum atomic E-state index is 12.5. The molecule has 0 spiro atoms. The van der Waals surface area contributed by atoms with Crippen molar-refractivity contribution in [3.8, 4) is 0 Å². The predicted molar refractivity (Wildman–Crippen MR) is 58.4 cm³/mol. The number of nitrogens with two attached hydrogens (primary N) is 1. The smallest absolute Gasteiger partial charge is 0.387 e. The normalized spacial score (nSPS) is 16.2. The van der Waals surface area contributed by atoms with Crippen molar-refractivity contribution in [1.82, 2.24) is 4.90 Å². The van der Waals surface area contributed by atoms with Crippen LogP contribution in [-0.2, 0) is 0 Å². The van der Waals surface area contributed by atoms with Gasteiger partial charge in [-0.2, -0.15) is 13.2 Å². The van der Waals surface area contributed by atoms with Crippen LogP contribution in [0, 0.1) is 17.2 Å². The molecule has 0 saturated carbocycles. The van der Waals surface area contributed by atoms with E-state index in [2.05, 4.69) is 0 Å². The van der Waals surface area contributed by atoms with Crippen molar-refractivity contribution in [3.63, 3.8) is 0 Å². The SMILES string of the molecule is CCC(C)CN(C)CC(C(=N)N)C(F)(F)F. The molecule has 0 bridgehead atoms. The molecular formula is C10H20F3N3. The Kier molecular flexibility index (Phi) is 5.78. The second-order valence-electron chi connectivity index (χ2n) is 4.28. The number of halogens is 3. The molecule has 0 aromatic heterocycles. The Bertz CT molecular complexity index is 228. The van der Waals surface area contributed by atoms with Gasteiger partial charge in [0.05, 0.1) is 0 Å². The van der Waals surface area contributed by atoms with Crippen LogP contribution in [-0.4, -0.2) is 37.0 Å². The molecule has 3 nitrogen and oxygen atoms in total. The van der Waals surface area contributed by atoms with Gasteiger partial charge < -0.3 is 10.6 Å². The van der Waals surface area contributed by atoms with Crippen molar-refractivity contribution in [1.29, 1.82) is 5.41 Å². The Labute approximate surface area is 94.3 Å². The first-order chi connectivity index (χ1) is 7.18. The molecule has 0 fully saturated rings. The maximum Gasteiger partial charge on any atom is 0.399 e. The standard InChI is InChI=1S/C10H20F3N3/c1-4-7(2)5-16(3)6-8(9(14)15)10(11,12)13/h7-8H,4-6H2,1-3H3,(H3,14,15). The number of nitrogens with zero attached hydrogens (tertiary/aromatic N) is 1. The van der Waals surface area contributed by atoms with Gasteiger partial charge in [0.25, 0.3) is 0 Å². The predicted octanol–water partition coefficient (Wildman–Crippen LogP) is 2.08. The Balaban J connectivity index is 4.36. The summed E-state index contributed by atoms with van der Waals surface area (Å²) >= 11 is 0. The molecule has 0 rings (SSSR count). The van der Waals surface area contributed by atoms with Gasteiger partial charge >= 0.3 is 6.18 Å². The van der Waals surface area contributed by atoms with Crippen molar-refractivity contribution in [2.24, 2.45) is 17.6 Å². The summed E-state index contributed by atoms with van der Waals surface area (Å²) in [6.07, 6.45) is -3.52. The van der Waals surface area contributed by atoms with Crippen LogP contribution in [0.4, 0.5) is 13.2 Å². The highest BCUT2D eigenvalue weighted by Crippen LogP contribution is 2.26. The highest BCUT2D eigenvalue weighted by atomic mass is 19.4. The van der Waals surface area contributed by atoms with E-state index in [4.69, 9.17) is 11.1 Å². The van der Waals surface area contributed by atoms with Gasteiger partial charge in [0.15, 0.2) is 0 Å². The lowest BCUT2D eigenvalue weighted by atomic mass is 10.1. The number of hydrogen-bond donors (Lipinski definition) is 2. The molecule has 6 heteroatoms. The van der Waals surface area contributed by atoms with Crippen LogP contribution >= 0.6 is 0 Å². The highest BCUT2D eigenvalue weighted by Gasteiger charge is 2.42. The summed E-state index contributed by atoms with van der Waals surface area (Å²) in [6, 6.07) is 0. The van der Waals surface area contributed by atoms with Crippen molar-refractivity contribution >= 4 is 5.84 Å². The zero-order valence-electron chi connectivity index (χ0n) is 9.93. The number of hydrogen-bond acceptors (Lipinski definition) is 2. The van der Waals surface area contributed by atoms with E-state index in [1.165, 1.54) is 0 Å². The van der Waals surface area contributed by atoms with Gasteiger partial charge in [-0.25, -0.2) is 0 Å². The lowest BCUT2D eigenvalue weighted by Gasteiger charge is -2.26. The average molecular weight is 239 g/mol. The molecule has 0 heterocycles. The third kappa shape index (κ3) is 5.34. The molecule has 0 aliphatic rings. The Morgan fingerprint density at radius 3 is 2.19 bits per heavy atom. The lowest BCUT2D eigenvalue weighted by molar-refractivity contribution is -0.159. The minimum atomic E-state index is -4.43. The highest BCUT2D eigenvalue weighted by molar-refractivity contribution is 5.80. The van der Waals surface area contributed by atoms with E-state index in [-0.39, 0.29) is 6.54 Å². The summed E-state index contributed by atoms with van der Waals surface area (Å²) in [5.74, 6) is -2.34. The zero-order valence-corrected chi connectivity index (χ0v) is 9.93. The molecule has 16 heavy (non-hydrogen) atoms. The maximum absolute atomic E-state index is 12.5. The number of alkyl halides is 3. The monoisotopic (exact) mass is 239 g/mol. The lowest BCUT2D eigenvalue weighted by Crippen LogP contribution is -2.43. The van der Waals surface area contributed by atoms with Gasteiger partial charge in [-0.1, -0.05) is 20.3 Å². The second-order valence-corrected chi connectivity index (χ2v) is 4.28. The van der Waals surface area contributed by atoms with E-state index in [0.29, 0.717) is 12.5 Å². The summed E-state index contributed by atoms with van der Waals surface area (Å²) < 4.78 is 37.5. The fourth-order valence-corrected chi connectivity index (χ4v) is 1.43. The van der Waals surface area contributed by atoms with Gasteiger partial charge in [0.1, 0.15) is 11.8 Å². The molecule has 0 radical (unpaired) electrons. The van der Waals surface area contributed by atoms with Crippen molar-refractivity contribution in [3.05, 3.63) is 0 Å². The van der Waals surface area contributed by atoms with Crippen molar-refractivity contribution < 1.29 is 13.2 Å². The van der Waals surface area contributed by atoms with Crippen molar-refractivity contribution in [2.75, 3.05) is 20.1 Å². The molecule has 96 valence electrons. The number of amidine groups is 1. The van der Waals surface area contributed by atoms with Gasteiger partial charge in [0, 0.05) is 13.1 Å². The van der Waals surface area contributed by atoms with E-state index in [0.717, 1.165) is 6.42 Å². The van der Waals surface area contributed by atoms with Gasteiger partial charge in [-0.15, -0.1) is 0 Å². The molecule has 0 amide bonds. The van der Waals surface area contributed by atoms with E-state index >= 15 is 0 Å². The molecular weight excluding hydrogens is 219 g/mol. The van der Waals surface area contributed by atoms with Crippen LogP contribution < -0.4 is 5.73 Å². The summed E-state index contributed by atoms with van der Waals surface area (Å²) in [5, 5.41) is 6.96. The second kappa shape index (κ2) is 6.08. The Morgan fingerprint density at radius 2 is 1.88 bits per heavy atom. The van der Waals surface area contributed by atoms with E-state index in [9.17, 15) is 13.2 Å². The van der Waals surface area contributed by atoms with E-state index in [1.807, 2.05) is 13.8 Å². The topological polar surface area (TPSA) is 53.1 Å². The van der Waals surface area contributed by atoms with Crippen LogP contribution in [0.15, 0.2) is 0 Å². The average Bonchev–Trinajstić information content (AvgIpc) is 2.11. The summed E-state index contributed by atoms with van der Waals surface area (Å²) in [5.41, 5.74) is 4.97. The van der Waals surface area contributed by atoms with E-state index in [1.54, 1.807) is 11.9 Å². The zero-order chi connectivity index (χ0) is 12.9. The van der Waals surface area contributed by atoms with Gasteiger partial charge in [0.2, 0.25) is 0 Å². The fourth-order valence-electron chi connectivity index (χ4n) is 1.43. The number of rotatable bonds is 6. The molecule has 3 N–H and O–H groups in total. The minimum Gasteiger partial charge on any atom is -0.387 e. The Hall–Kier alpha value is -0.780. The Morgan fingerprint density at radius 1 is 1.38 bits per heavy atom. The van der Waals surface area contributed by atoms with Crippen LogP contribution in [0.25, 0.3) is 0 Å². The summed E-state index contributed by atoms with van der Waals surface area (Å²) in [6.45, 7) is 4.30. The first-order valence-corrected chi connectivity index (χ1v) is 5.27. The summed E-state index contributed by atoms with van der Waals surface area (Å²) in [7, 11) is 1.62. The fraction of sp³-hybridized carbons (Fsp3) is 0.900. The van der Waals surface area contributed by atoms with Crippen molar-refractivity contribution in [2.45, 2.75) is 26.4 Å². The molecule has 0 aliphatic heterocycles. The first kappa shape index (κ1) is 15.2.